The minimum Gasteiger partial charge on any atom is -0.507 e. The van der Waals surface area contributed by atoms with Gasteiger partial charge in [-0.1, -0.05) is 190 Å². The molecule has 0 unspecified atom stereocenters. The van der Waals surface area contributed by atoms with Gasteiger partial charge in [0.15, 0.2) is 0 Å². The van der Waals surface area contributed by atoms with Gasteiger partial charge in [0.05, 0.1) is 22.1 Å². The van der Waals surface area contributed by atoms with E-state index < -0.39 is 0 Å². The molecule has 0 radical (unpaired) electrons. The molecule has 0 aliphatic heterocycles. The molecule has 0 amide bonds. The highest BCUT2D eigenvalue weighted by Crippen LogP contribution is 2.46. The van der Waals surface area contributed by atoms with Crippen molar-refractivity contribution in [1.29, 1.82) is 0 Å². The first-order chi connectivity index (χ1) is 33.8. The predicted octanol–water partition coefficient (Wildman–Crippen LogP) is 19.1. The number of phenols is 1. The fourth-order valence-electron chi connectivity index (χ4n) is 10.5. The first-order valence-electron chi connectivity index (χ1n) is 26.1. The van der Waals surface area contributed by atoms with Crippen molar-refractivity contribution in [2.75, 3.05) is 0 Å². The maximum absolute atomic E-state index is 11.9. The summed E-state index contributed by atoms with van der Waals surface area (Å²) >= 11 is 0. The monoisotopic (exact) mass is 950 g/mol. The molecule has 4 nitrogen and oxygen atoms in total. The summed E-state index contributed by atoms with van der Waals surface area (Å²) in [5.41, 5.74) is 20.9. The van der Waals surface area contributed by atoms with E-state index >= 15 is 0 Å². The van der Waals surface area contributed by atoms with Crippen molar-refractivity contribution in [2.45, 2.75) is 144 Å². The van der Waals surface area contributed by atoms with Gasteiger partial charge in [-0.15, -0.1) is 0 Å². The molecule has 0 bridgehead atoms. The Kier molecular flexibility index (Phi) is 12.8. The minimum absolute atomic E-state index is 0.0155. The van der Waals surface area contributed by atoms with Crippen LogP contribution in [0.25, 0.3) is 83.5 Å². The molecule has 9 aromatic rings. The highest BCUT2D eigenvalue weighted by molar-refractivity contribution is 6.03. The lowest BCUT2D eigenvalue weighted by molar-refractivity contribution is 0.475. The quantitative estimate of drug-likeness (QED) is 0.165. The Bertz CT molecular complexity index is 3460. The first kappa shape index (κ1) is 50.2. The highest BCUT2D eigenvalue weighted by Gasteiger charge is 2.27. The Morgan fingerprint density at radius 3 is 1.53 bits per heavy atom. The number of rotatable bonds is 8. The number of benzene rings is 7. The van der Waals surface area contributed by atoms with Crippen LogP contribution in [0.3, 0.4) is 0 Å². The molecule has 4 heteroatoms. The van der Waals surface area contributed by atoms with Gasteiger partial charge in [0.25, 0.3) is 0 Å². The minimum atomic E-state index is -0.150. The van der Waals surface area contributed by atoms with E-state index in [4.69, 9.17) is 9.97 Å². The number of hydrogen-bond donors (Lipinski definition) is 1. The summed E-state index contributed by atoms with van der Waals surface area (Å²) in [5.74, 6) is 1.57. The van der Waals surface area contributed by atoms with Gasteiger partial charge in [0, 0.05) is 28.4 Å². The van der Waals surface area contributed by atoms with E-state index in [0.717, 1.165) is 61.2 Å². The van der Waals surface area contributed by atoms with E-state index in [1.54, 1.807) is 0 Å². The first-order valence-corrected chi connectivity index (χ1v) is 26.1. The van der Waals surface area contributed by atoms with Gasteiger partial charge < -0.3 is 5.11 Å². The van der Waals surface area contributed by atoms with Gasteiger partial charge in [-0.2, -0.15) is 0 Å². The smallest absolute Gasteiger partial charge is 0.149 e. The van der Waals surface area contributed by atoms with Crippen molar-refractivity contribution in [2.24, 2.45) is 0 Å². The molecule has 2 aromatic heterocycles. The Morgan fingerprint density at radius 2 is 0.972 bits per heavy atom. The Labute approximate surface area is 430 Å². The normalized spacial score (nSPS) is 12.8. The number of aromatic nitrogens is 3. The van der Waals surface area contributed by atoms with E-state index in [2.05, 4.69) is 243 Å². The van der Waals surface area contributed by atoms with Gasteiger partial charge in [0.1, 0.15) is 11.6 Å². The third-order valence-electron chi connectivity index (χ3n) is 14.7. The molecule has 2 heterocycles. The van der Waals surface area contributed by atoms with E-state index in [-0.39, 0.29) is 27.4 Å². The number of hydrogen-bond acceptors (Lipinski definition) is 3. The van der Waals surface area contributed by atoms with Crippen LogP contribution in [0.2, 0.25) is 0 Å². The van der Waals surface area contributed by atoms with Crippen molar-refractivity contribution < 1.29 is 5.11 Å². The van der Waals surface area contributed by atoms with Crippen LogP contribution in [0.4, 0.5) is 0 Å². The molecule has 0 aliphatic carbocycles. The van der Waals surface area contributed by atoms with Crippen LogP contribution in [-0.4, -0.2) is 19.6 Å². The zero-order chi connectivity index (χ0) is 51.8. The van der Waals surface area contributed by atoms with Crippen molar-refractivity contribution in [1.82, 2.24) is 14.5 Å². The van der Waals surface area contributed by atoms with Crippen LogP contribution < -0.4 is 0 Å². The molecule has 0 spiro atoms. The van der Waals surface area contributed by atoms with E-state index in [1.165, 1.54) is 44.3 Å². The molecule has 72 heavy (non-hydrogen) atoms. The van der Waals surface area contributed by atoms with Crippen molar-refractivity contribution in [3.63, 3.8) is 0 Å². The lowest BCUT2D eigenvalue weighted by Gasteiger charge is -2.24. The van der Waals surface area contributed by atoms with Gasteiger partial charge in [0.2, 0.25) is 0 Å². The van der Waals surface area contributed by atoms with Gasteiger partial charge in [-0.05, 0) is 161 Å². The number of phenolic OH excluding ortho intramolecular Hbond substituents is 1. The molecule has 0 saturated heterocycles. The van der Waals surface area contributed by atoms with Gasteiger partial charge in [-0.3, -0.25) is 9.55 Å². The number of pyridine rings is 1. The molecule has 0 aliphatic rings. The zero-order valence-corrected chi connectivity index (χ0v) is 45.8. The van der Waals surface area contributed by atoms with Crippen LogP contribution in [0, 0.1) is 0 Å². The van der Waals surface area contributed by atoms with Crippen LogP contribution in [0.1, 0.15) is 156 Å². The molecule has 1 N–H and O–H groups in total. The highest BCUT2D eigenvalue weighted by atomic mass is 16.3. The topological polar surface area (TPSA) is 50.9 Å². The average molecular weight is 950 g/mol. The molecule has 0 fully saturated rings. The molecular formula is C68H75N3O. The number of imidazole rings is 1. The maximum Gasteiger partial charge on any atom is 0.149 e. The van der Waals surface area contributed by atoms with Crippen molar-refractivity contribution >= 4 is 21.9 Å². The van der Waals surface area contributed by atoms with Gasteiger partial charge >= 0.3 is 0 Å². The average Bonchev–Trinajstić information content (AvgIpc) is 3.71. The van der Waals surface area contributed by atoms with Crippen LogP contribution in [0.5, 0.6) is 5.75 Å². The second-order valence-electron chi connectivity index (χ2n) is 25.0. The summed E-state index contributed by atoms with van der Waals surface area (Å²) in [6, 6.07) is 51.4. The number of nitrogens with zero attached hydrogens (tertiary/aromatic N) is 3. The summed E-state index contributed by atoms with van der Waals surface area (Å²) in [7, 11) is 0. The molecular weight excluding hydrogens is 875 g/mol. The van der Waals surface area contributed by atoms with E-state index in [0.29, 0.717) is 23.2 Å². The van der Waals surface area contributed by atoms with Crippen LogP contribution >= 0.6 is 0 Å². The fourth-order valence-corrected chi connectivity index (χ4v) is 10.5. The van der Waals surface area contributed by atoms with Crippen LogP contribution in [0.15, 0.2) is 146 Å². The van der Waals surface area contributed by atoms with Crippen molar-refractivity contribution in [3.05, 3.63) is 179 Å². The van der Waals surface area contributed by atoms with E-state index in [1.807, 2.05) is 18.3 Å². The third-order valence-corrected chi connectivity index (χ3v) is 14.7. The van der Waals surface area contributed by atoms with Crippen molar-refractivity contribution in [3.8, 4) is 67.3 Å². The zero-order valence-electron chi connectivity index (χ0n) is 45.8. The lowest BCUT2D eigenvalue weighted by atomic mass is 9.80. The SMILES string of the molecule is CC(C)c1cccc(C(C)C)c1-c1cc(-c2cccc(-c3cc(-c4ccc(C(C)(C)C)cc4)cc4c3nc(-c3cc(C(C)(C)C)ccc3O)n4-c3ccc(C(C)(C)C)cc3)c2)c2nccc(C(C)(C)C)c2c1. The predicted molar refractivity (Wildman–Crippen MR) is 308 cm³/mol. The second kappa shape index (κ2) is 18.4. The summed E-state index contributed by atoms with van der Waals surface area (Å²) in [6.45, 7) is 36.3. The Hall–Kier alpha value is -6.78. The molecule has 368 valence electrons. The molecule has 7 aromatic carbocycles. The lowest BCUT2D eigenvalue weighted by Crippen LogP contribution is -2.12. The number of fused-ring (bicyclic) bond motifs is 2. The molecule has 9 rings (SSSR count). The Balaban J connectivity index is 1.37. The summed E-state index contributed by atoms with van der Waals surface area (Å²) in [6.07, 6.45) is 1.99. The van der Waals surface area contributed by atoms with Crippen LogP contribution in [-0.2, 0) is 21.7 Å². The van der Waals surface area contributed by atoms with Gasteiger partial charge in [-0.25, -0.2) is 4.98 Å². The fraction of sp³-hybridized carbons (Fsp3) is 0.324. The second-order valence-corrected chi connectivity index (χ2v) is 25.0. The largest absolute Gasteiger partial charge is 0.507 e. The summed E-state index contributed by atoms with van der Waals surface area (Å²) in [4.78, 5) is 10.9. The standard InChI is InChI=1S/C68H75N3O/c1-41(2)52-21-18-22-53(42(3)4)61(52)47-37-54(62-56(38-47)58(33-34-69-62)68(14,15)16)44-19-17-20-45(35-44)55-36-46(43-23-25-48(26-24-43)65(5,6)7)39-59-63(55)70-64(57-40-50(67(11,12)13)29-32-60(57)72)71(59)51-30-27-49(28-31-51)66(8,9)10/h17-42,72H,1-16H3. The Morgan fingerprint density at radius 1 is 0.444 bits per heavy atom. The maximum atomic E-state index is 11.9. The summed E-state index contributed by atoms with van der Waals surface area (Å²) < 4.78 is 2.26. The molecule has 0 atom stereocenters. The molecule has 0 saturated carbocycles. The van der Waals surface area contributed by atoms with E-state index in [9.17, 15) is 5.11 Å². The third kappa shape index (κ3) is 9.53. The summed E-state index contributed by atoms with van der Waals surface area (Å²) in [5, 5.41) is 13.0. The number of aromatic hydroxyl groups is 1.